The molecule has 3 rings (SSSR count). The Morgan fingerprint density at radius 3 is 2.71 bits per heavy atom. The summed E-state index contributed by atoms with van der Waals surface area (Å²) in [6.45, 7) is 3.63. The van der Waals surface area contributed by atoms with E-state index in [1.807, 2.05) is 11.8 Å². The highest BCUT2D eigenvalue weighted by Crippen LogP contribution is 2.34. The second-order valence-corrected chi connectivity index (χ2v) is 6.28. The minimum atomic E-state index is -0.529. The predicted molar refractivity (Wildman–Crippen MR) is 87.0 cm³/mol. The molecule has 1 aromatic rings. The van der Waals surface area contributed by atoms with Crippen LogP contribution in [-0.2, 0) is 9.53 Å². The van der Waals surface area contributed by atoms with Gasteiger partial charge in [0.05, 0.1) is 12.6 Å². The monoisotopic (exact) mass is 333 g/mol. The molecule has 2 heterocycles. The highest BCUT2D eigenvalue weighted by atomic mass is 16.5. The van der Waals surface area contributed by atoms with Crippen LogP contribution < -0.4 is 4.74 Å². The Kier molecular flexibility index (Phi) is 5.16. The molecule has 2 aliphatic rings. The van der Waals surface area contributed by atoms with Crippen LogP contribution in [0.2, 0.25) is 0 Å². The Labute approximate surface area is 141 Å². The number of carbonyl (C=O) groups is 2. The molecule has 0 bridgehead atoms. The molecule has 1 unspecified atom stereocenters. The van der Waals surface area contributed by atoms with Crippen LogP contribution in [0.15, 0.2) is 18.2 Å². The number of aliphatic hydroxyl groups is 1. The minimum absolute atomic E-state index is 0.00925. The van der Waals surface area contributed by atoms with Gasteiger partial charge in [-0.25, -0.2) is 0 Å². The van der Waals surface area contributed by atoms with Crippen molar-refractivity contribution in [2.24, 2.45) is 5.92 Å². The van der Waals surface area contributed by atoms with Crippen molar-refractivity contribution in [3.05, 3.63) is 29.3 Å². The number of nitrogens with zero attached hydrogens (tertiary/aromatic N) is 1. The van der Waals surface area contributed by atoms with Crippen molar-refractivity contribution in [2.45, 2.75) is 25.8 Å². The van der Waals surface area contributed by atoms with E-state index in [0.717, 1.165) is 18.4 Å². The van der Waals surface area contributed by atoms with E-state index in [0.29, 0.717) is 37.7 Å². The maximum Gasteiger partial charge on any atom is 0.226 e. The SMILES string of the molecule is CC1c2cc(C(=O)CO)ccc2OCCN1C(=O)C1CCOCC1. The number of rotatable bonds is 3. The number of benzene rings is 1. The highest BCUT2D eigenvalue weighted by molar-refractivity contribution is 5.97. The Morgan fingerprint density at radius 2 is 2.00 bits per heavy atom. The quantitative estimate of drug-likeness (QED) is 0.850. The summed E-state index contributed by atoms with van der Waals surface area (Å²) in [7, 11) is 0. The van der Waals surface area contributed by atoms with Crippen molar-refractivity contribution in [3.8, 4) is 5.75 Å². The molecule has 24 heavy (non-hydrogen) atoms. The minimum Gasteiger partial charge on any atom is -0.491 e. The van der Waals surface area contributed by atoms with Gasteiger partial charge in [-0.3, -0.25) is 9.59 Å². The van der Waals surface area contributed by atoms with E-state index in [4.69, 9.17) is 14.6 Å². The zero-order valence-electron chi connectivity index (χ0n) is 13.9. The lowest BCUT2D eigenvalue weighted by molar-refractivity contribution is -0.140. The molecule has 1 saturated heterocycles. The van der Waals surface area contributed by atoms with E-state index < -0.39 is 6.61 Å². The summed E-state index contributed by atoms with van der Waals surface area (Å²) in [6.07, 6.45) is 1.50. The Hall–Kier alpha value is -1.92. The zero-order valence-corrected chi connectivity index (χ0v) is 13.9. The van der Waals surface area contributed by atoms with E-state index in [-0.39, 0.29) is 23.7 Å². The topological polar surface area (TPSA) is 76.1 Å². The number of hydrogen-bond acceptors (Lipinski definition) is 5. The number of Topliss-reactive ketones (excluding diaryl/α,β-unsaturated/α-hetero) is 1. The van der Waals surface area contributed by atoms with Crippen molar-refractivity contribution in [1.82, 2.24) is 4.90 Å². The second-order valence-electron chi connectivity index (χ2n) is 6.28. The number of carbonyl (C=O) groups excluding carboxylic acids is 2. The summed E-state index contributed by atoms with van der Waals surface area (Å²) < 4.78 is 11.1. The largest absolute Gasteiger partial charge is 0.491 e. The van der Waals surface area contributed by atoms with Crippen LogP contribution in [0.3, 0.4) is 0 Å². The Bertz CT molecular complexity index is 624. The van der Waals surface area contributed by atoms with Gasteiger partial charge in [0.2, 0.25) is 5.91 Å². The van der Waals surface area contributed by atoms with Gasteiger partial charge < -0.3 is 19.5 Å². The molecular weight excluding hydrogens is 310 g/mol. The third kappa shape index (κ3) is 3.30. The summed E-state index contributed by atoms with van der Waals surface area (Å²) in [5.74, 6) is 0.474. The van der Waals surface area contributed by atoms with Crippen molar-refractivity contribution in [1.29, 1.82) is 0 Å². The molecule has 1 aromatic carbocycles. The fourth-order valence-corrected chi connectivity index (χ4v) is 3.37. The molecule has 0 aliphatic carbocycles. The maximum atomic E-state index is 12.9. The number of ether oxygens (including phenoxy) is 2. The average molecular weight is 333 g/mol. The van der Waals surface area contributed by atoms with Crippen LogP contribution in [0.4, 0.5) is 0 Å². The molecule has 1 N–H and O–H groups in total. The fourth-order valence-electron chi connectivity index (χ4n) is 3.37. The predicted octanol–water partition coefficient (Wildman–Crippen LogP) is 1.57. The van der Waals surface area contributed by atoms with Crippen LogP contribution in [0.25, 0.3) is 0 Å². The highest BCUT2D eigenvalue weighted by Gasteiger charge is 2.32. The lowest BCUT2D eigenvalue weighted by Gasteiger charge is -2.32. The first-order valence-corrected chi connectivity index (χ1v) is 8.41. The van der Waals surface area contributed by atoms with E-state index in [2.05, 4.69) is 0 Å². The number of amides is 1. The summed E-state index contributed by atoms with van der Waals surface area (Å²) >= 11 is 0. The number of hydrogen-bond donors (Lipinski definition) is 1. The first kappa shape index (κ1) is 16.9. The molecule has 0 spiro atoms. The molecule has 1 amide bonds. The zero-order chi connectivity index (χ0) is 17.1. The smallest absolute Gasteiger partial charge is 0.226 e. The molecular formula is C18H23NO5. The molecule has 6 nitrogen and oxygen atoms in total. The molecule has 0 saturated carbocycles. The van der Waals surface area contributed by atoms with Crippen LogP contribution >= 0.6 is 0 Å². The third-order valence-electron chi connectivity index (χ3n) is 4.84. The van der Waals surface area contributed by atoms with Gasteiger partial charge in [0.15, 0.2) is 5.78 Å². The van der Waals surface area contributed by atoms with Crippen LogP contribution in [0, 0.1) is 5.92 Å². The van der Waals surface area contributed by atoms with Gasteiger partial charge in [-0.15, -0.1) is 0 Å². The van der Waals surface area contributed by atoms with Crippen molar-refractivity contribution in [2.75, 3.05) is 33.0 Å². The molecule has 6 heteroatoms. The molecule has 2 aliphatic heterocycles. The van der Waals surface area contributed by atoms with E-state index >= 15 is 0 Å². The summed E-state index contributed by atoms with van der Waals surface area (Å²) in [6, 6.07) is 4.95. The van der Waals surface area contributed by atoms with Crippen LogP contribution in [-0.4, -0.2) is 54.7 Å². The van der Waals surface area contributed by atoms with Gasteiger partial charge in [-0.2, -0.15) is 0 Å². The van der Waals surface area contributed by atoms with Gasteiger partial charge >= 0.3 is 0 Å². The molecule has 130 valence electrons. The van der Waals surface area contributed by atoms with Gasteiger partial charge in [-0.05, 0) is 38.0 Å². The molecule has 0 aromatic heterocycles. The van der Waals surface area contributed by atoms with Gasteiger partial charge in [0.1, 0.15) is 19.0 Å². The second kappa shape index (κ2) is 7.32. The molecule has 0 radical (unpaired) electrons. The molecule has 1 fully saturated rings. The van der Waals surface area contributed by atoms with E-state index in [9.17, 15) is 9.59 Å². The lowest BCUT2D eigenvalue weighted by Crippen LogP contribution is -2.41. The van der Waals surface area contributed by atoms with Crippen LogP contribution in [0.5, 0.6) is 5.75 Å². The normalized spacial score (nSPS) is 21.6. The van der Waals surface area contributed by atoms with Gasteiger partial charge in [0, 0.05) is 30.3 Å². The van der Waals surface area contributed by atoms with Gasteiger partial charge in [0.25, 0.3) is 0 Å². The lowest BCUT2D eigenvalue weighted by atomic mass is 9.96. The molecule has 1 atom stereocenters. The first-order valence-electron chi connectivity index (χ1n) is 8.41. The Morgan fingerprint density at radius 1 is 1.25 bits per heavy atom. The number of aliphatic hydroxyl groups excluding tert-OH is 1. The van der Waals surface area contributed by atoms with E-state index in [1.54, 1.807) is 18.2 Å². The standard InChI is InChI=1S/C18H23NO5/c1-12-15-10-14(16(21)11-20)2-3-17(15)24-9-6-19(12)18(22)13-4-7-23-8-5-13/h2-3,10,12-13,20H,4-9,11H2,1H3. The number of fused-ring (bicyclic) bond motifs is 1. The summed E-state index contributed by atoms with van der Waals surface area (Å²) in [4.78, 5) is 26.5. The van der Waals surface area contributed by atoms with Gasteiger partial charge in [-0.1, -0.05) is 0 Å². The third-order valence-corrected chi connectivity index (χ3v) is 4.84. The average Bonchev–Trinajstić information content (AvgIpc) is 2.80. The van der Waals surface area contributed by atoms with Crippen molar-refractivity contribution in [3.63, 3.8) is 0 Å². The Balaban J connectivity index is 1.87. The van der Waals surface area contributed by atoms with E-state index in [1.165, 1.54) is 0 Å². The first-order chi connectivity index (χ1) is 11.6. The van der Waals surface area contributed by atoms with Crippen LogP contribution in [0.1, 0.15) is 41.7 Å². The summed E-state index contributed by atoms with van der Waals surface area (Å²) in [5, 5.41) is 9.07. The van der Waals surface area contributed by atoms with Crippen molar-refractivity contribution < 1.29 is 24.2 Å². The fraction of sp³-hybridized carbons (Fsp3) is 0.556. The number of ketones is 1. The summed E-state index contributed by atoms with van der Waals surface area (Å²) in [5.41, 5.74) is 1.25. The van der Waals surface area contributed by atoms with Crippen molar-refractivity contribution >= 4 is 11.7 Å². The maximum absolute atomic E-state index is 12.9.